The molecule has 1 heterocycles. The third-order valence-electron chi connectivity index (χ3n) is 3.17. The molecular formula is C16H19NOS2. The van der Waals surface area contributed by atoms with Crippen molar-refractivity contribution in [1.29, 1.82) is 0 Å². The predicted molar refractivity (Wildman–Crippen MR) is 89.8 cm³/mol. The molecule has 2 aromatic rings. The molecule has 2 rings (SSSR count). The Kier molecular flexibility index (Phi) is 5.26. The molecule has 4 heteroatoms. The molecule has 1 aromatic heterocycles. The van der Waals surface area contributed by atoms with Crippen LogP contribution in [0.1, 0.15) is 21.6 Å². The summed E-state index contributed by atoms with van der Waals surface area (Å²) in [4.78, 5) is 13.3. The number of thiophene rings is 1. The van der Waals surface area contributed by atoms with Crippen LogP contribution in [0, 0.1) is 20.8 Å². The molecule has 1 amide bonds. The van der Waals surface area contributed by atoms with Crippen LogP contribution < -0.4 is 5.32 Å². The highest BCUT2D eigenvalue weighted by molar-refractivity contribution is 7.99. The minimum Gasteiger partial charge on any atom is -0.325 e. The van der Waals surface area contributed by atoms with Crippen molar-refractivity contribution in [2.75, 3.05) is 11.1 Å². The zero-order valence-electron chi connectivity index (χ0n) is 12.0. The maximum atomic E-state index is 11.9. The number of carbonyl (C=O) groups excluding carboxylic acids is 1. The second-order valence-electron chi connectivity index (χ2n) is 4.85. The van der Waals surface area contributed by atoms with Gasteiger partial charge in [0.2, 0.25) is 5.91 Å². The fourth-order valence-corrected chi connectivity index (χ4v) is 3.48. The van der Waals surface area contributed by atoms with Crippen LogP contribution >= 0.6 is 23.1 Å². The molecule has 0 unspecified atom stereocenters. The van der Waals surface area contributed by atoms with Crippen LogP contribution in [0.25, 0.3) is 0 Å². The largest absolute Gasteiger partial charge is 0.325 e. The lowest BCUT2D eigenvalue weighted by molar-refractivity contribution is -0.113. The average Bonchev–Trinajstić information content (AvgIpc) is 2.81. The summed E-state index contributed by atoms with van der Waals surface area (Å²) in [5.41, 5.74) is 4.56. The highest BCUT2D eigenvalue weighted by Gasteiger charge is 2.06. The molecule has 0 aliphatic rings. The molecule has 0 spiro atoms. The van der Waals surface area contributed by atoms with Gasteiger partial charge in [0.05, 0.1) is 5.75 Å². The van der Waals surface area contributed by atoms with Gasteiger partial charge in [-0.2, -0.15) is 0 Å². The summed E-state index contributed by atoms with van der Waals surface area (Å²) in [6, 6.07) is 8.16. The first-order valence-electron chi connectivity index (χ1n) is 6.54. The van der Waals surface area contributed by atoms with E-state index in [-0.39, 0.29) is 5.91 Å². The van der Waals surface area contributed by atoms with Gasteiger partial charge in [0, 0.05) is 16.3 Å². The number of aryl methyl sites for hydroxylation is 2. The van der Waals surface area contributed by atoms with Crippen LogP contribution in [0.4, 0.5) is 5.69 Å². The first-order valence-corrected chi connectivity index (χ1v) is 8.57. The quantitative estimate of drug-likeness (QED) is 0.878. The molecule has 1 aromatic carbocycles. The summed E-state index contributed by atoms with van der Waals surface area (Å²) >= 11 is 3.41. The maximum Gasteiger partial charge on any atom is 0.234 e. The minimum absolute atomic E-state index is 0.0654. The minimum atomic E-state index is 0.0654. The van der Waals surface area contributed by atoms with Crippen molar-refractivity contribution in [2.45, 2.75) is 26.5 Å². The van der Waals surface area contributed by atoms with Crippen LogP contribution in [0.3, 0.4) is 0 Å². The lowest BCUT2D eigenvalue weighted by Gasteiger charge is -2.10. The van der Waals surface area contributed by atoms with Gasteiger partial charge >= 0.3 is 0 Å². The van der Waals surface area contributed by atoms with Gasteiger partial charge in [0.15, 0.2) is 0 Å². The maximum absolute atomic E-state index is 11.9. The van der Waals surface area contributed by atoms with Crippen LogP contribution in [0.5, 0.6) is 0 Å². The van der Waals surface area contributed by atoms with Gasteiger partial charge < -0.3 is 5.32 Å². The normalized spacial score (nSPS) is 10.6. The van der Waals surface area contributed by atoms with Crippen LogP contribution in [0.15, 0.2) is 29.6 Å². The number of hydrogen-bond acceptors (Lipinski definition) is 3. The van der Waals surface area contributed by atoms with Gasteiger partial charge in [-0.1, -0.05) is 12.1 Å². The zero-order chi connectivity index (χ0) is 14.5. The van der Waals surface area contributed by atoms with E-state index >= 15 is 0 Å². The van der Waals surface area contributed by atoms with Gasteiger partial charge in [-0.25, -0.2) is 0 Å². The van der Waals surface area contributed by atoms with E-state index in [9.17, 15) is 4.79 Å². The Labute approximate surface area is 128 Å². The molecule has 1 N–H and O–H groups in total. The number of thioether (sulfide) groups is 1. The van der Waals surface area contributed by atoms with Gasteiger partial charge in [-0.3, -0.25) is 4.79 Å². The van der Waals surface area contributed by atoms with Gasteiger partial charge in [-0.05, 0) is 55.0 Å². The Morgan fingerprint density at radius 2 is 2.10 bits per heavy atom. The Balaban J connectivity index is 1.82. The van der Waals surface area contributed by atoms with Crippen molar-refractivity contribution >= 4 is 34.7 Å². The molecule has 2 nitrogen and oxygen atoms in total. The monoisotopic (exact) mass is 305 g/mol. The molecule has 0 bridgehead atoms. The third kappa shape index (κ3) is 4.12. The summed E-state index contributed by atoms with van der Waals surface area (Å²) < 4.78 is 0. The van der Waals surface area contributed by atoms with E-state index < -0.39 is 0 Å². The highest BCUT2D eigenvalue weighted by Crippen LogP contribution is 2.20. The highest BCUT2D eigenvalue weighted by atomic mass is 32.2. The summed E-state index contributed by atoms with van der Waals surface area (Å²) in [6.07, 6.45) is 0. The van der Waals surface area contributed by atoms with E-state index in [2.05, 4.69) is 36.7 Å². The fraction of sp³-hybridized carbons (Fsp3) is 0.312. The number of benzene rings is 1. The van der Waals surface area contributed by atoms with E-state index in [1.54, 1.807) is 23.1 Å². The van der Waals surface area contributed by atoms with E-state index in [0.29, 0.717) is 5.75 Å². The topological polar surface area (TPSA) is 29.1 Å². The van der Waals surface area contributed by atoms with Crippen molar-refractivity contribution in [3.63, 3.8) is 0 Å². The number of rotatable bonds is 5. The van der Waals surface area contributed by atoms with Crippen molar-refractivity contribution in [2.24, 2.45) is 0 Å². The van der Waals surface area contributed by atoms with E-state index in [0.717, 1.165) is 17.0 Å². The van der Waals surface area contributed by atoms with Crippen molar-refractivity contribution in [3.8, 4) is 0 Å². The first-order chi connectivity index (χ1) is 9.56. The zero-order valence-corrected chi connectivity index (χ0v) is 13.7. The number of amides is 1. The number of anilines is 1. The molecule has 0 saturated heterocycles. The van der Waals surface area contributed by atoms with Crippen molar-refractivity contribution < 1.29 is 4.79 Å². The molecule has 0 atom stereocenters. The van der Waals surface area contributed by atoms with Crippen LogP contribution in [-0.4, -0.2) is 11.7 Å². The van der Waals surface area contributed by atoms with E-state index in [1.165, 1.54) is 16.0 Å². The molecule has 106 valence electrons. The first kappa shape index (κ1) is 15.1. The predicted octanol–water partition coefficient (Wildman–Crippen LogP) is 4.55. The molecule has 0 fully saturated rings. The Morgan fingerprint density at radius 1 is 1.30 bits per heavy atom. The van der Waals surface area contributed by atoms with Gasteiger partial charge in [0.1, 0.15) is 0 Å². The Bertz CT molecular complexity index is 604. The number of carbonyl (C=O) groups is 1. The molecular weight excluding hydrogens is 286 g/mol. The van der Waals surface area contributed by atoms with Gasteiger partial charge in [-0.15, -0.1) is 23.1 Å². The molecule has 0 aliphatic heterocycles. The molecule has 0 saturated carbocycles. The third-order valence-corrected chi connectivity index (χ3v) is 5.08. The number of nitrogens with one attached hydrogen (secondary N) is 1. The van der Waals surface area contributed by atoms with Crippen LogP contribution in [-0.2, 0) is 10.5 Å². The summed E-state index contributed by atoms with van der Waals surface area (Å²) in [5.74, 6) is 1.45. The Hall–Kier alpha value is -1.26. The summed E-state index contributed by atoms with van der Waals surface area (Å²) in [7, 11) is 0. The van der Waals surface area contributed by atoms with E-state index in [4.69, 9.17) is 0 Å². The smallest absolute Gasteiger partial charge is 0.234 e. The fourth-order valence-electron chi connectivity index (χ4n) is 1.91. The standard InChI is InChI=1S/C16H19NOS2/c1-11-5-4-6-15(13(11)3)17-16(18)10-19-8-14-7-12(2)20-9-14/h4-7,9H,8,10H2,1-3H3,(H,17,18). The molecule has 0 aliphatic carbocycles. The lowest BCUT2D eigenvalue weighted by atomic mass is 10.1. The number of hydrogen-bond donors (Lipinski definition) is 1. The SMILES string of the molecule is Cc1cc(CSCC(=O)Nc2cccc(C)c2C)cs1. The average molecular weight is 305 g/mol. The summed E-state index contributed by atoms with van der Waals surface area (Å²) in [5, 5.41) is 5.14. The van der Waals surface area contributed by atoms with E-state index in [1.807, 2.05) is 19.1 Å². The van der Waals surface area contributed by atoms with Gasteiger partial charge in [0.25, 0.3) is 0 Å². The summed E-state index contributed by atoms with van der Waals surface area (Å²) in [6.45, 7) is 6.19. The second kappa shape index (κ2) is 6.95. The second-order valence-corrected chi connectivity index (χ2v) is 6.96. The molecule has 20 heavy (non-hydrogen) atoms. The lowest BCUT2D eigenvalue weighted by Crippen LogP contribution is -2.15. The van der Waals surface area contributed by atoms with Crippen molar-refractivity contribution in [1.82, 2.24) is 0 Å². The molecule has 0 radical (unpaired) electrons. The Morgan fingerprint density at radius 3 is 2.80 bits per heavy atom. The van der Waals surface area contributed by atoms with Crippen LogP contribution in [0.2, 0.25) is 0 Å². The van der Waals surface area contributed by atoms with Crippen molar-refractivity contribution in [3.05, 3.63) is 51.2 Å².